The maximum Gasteiger partial charge on any atom is 0.159 e. The van der Waals surface area contributed by atoms with Crippen molar-refractivity contribution in [1.29, 1.82) is 0 Å². The molecule has 0 fully saturated rings. The van der Waals surface area contributed by atoms with Crippen LogP contribution in [0.1, 0.15) is 46.5 Å². The Morgan fingerprint density at radius 3 is 2.69 bits per heavy atom. The molecule has 0 saturated heterocycles. The maximum atomic E-state index is 11.8. The normalized spacial score (nSPS) is 17.6. The molecule has 1 nitrogen and oxygen atoms in total. The van der Waals surface area contributed by atoms with Crippen LogP contribution in [0.15, 0.2) is 35.5 Å². The number of allylic oxidation sites excluding steroid dienone is 5. The van der Waals surface area contributed by atoms with Crippen LogP contribution in [0.3, 0.4) is 0 Å². The molecule has 16 heavy (non-hydrogen) atoms. The van der Waals surface area contributed by atoms with Gasteiger partial charge in [0.2, 0.25) is 0 Å². The van der Waals surface area contributed by atoms with Gasteiger partial charge in [-0.05, 0) is 44.6 Å². The van der Waals surface area contributed by atoms with Crippen molar-refractivity contribution >= 4 is 5.78 Å². The lowest BCUT2D eigenvalue weighted by Crippen LogP contribution is -2.07. The van der Waals surface area contributed by atoms with Gasteiger partial charge in [0.15, 0.2) is 5.78 Å². The maximum absolute atomic E-state index is 11.8. The molecule has 1 unspecified atom stereocenters. The fraction of sp³-hybridized carbons (Fsp3) is 0.533. The van der Waals surface area contributed by atoms with E-state index in [2.05, 4.69) is 33.4 Å². The van der Waals surface area contributed by atoms with E-state index >= 15 is 0 Å². The molecule has 0 aromatic heterocycles. The zero-order valence-electron chi connectivity index (χ0n) is 10.7. The van der Waals surface area contributed by atoms with Crippen LogP contribution in [-0.4, -0.2) is 5.78 Å². The van der Waals surface area contributed by atoms with E-state index in [1.165, 1.54) is 11.1 Å². The van der Waals surface area contributed by atoms with Crippen LogP contribution < -0.4 is 0 Å². The van der Waals surface area contributed by atoms with E-state index in [4.69, 9.17) is 0 Å². The van der Waals surface area contributed by atoms with Gasteiger partial charge in [-0.2, -0.15) is 0 Å². The summed E-state index contributed by atoms with van der Waals surface area (Å²) in [5.41, 5.74) is 3.56. The van der Waals surface area contributed by atoms with Crippen molar-refractivity contribution < 1.29 is 4.79 Å². The molecule has 0 amide bonds. The first-order valence-electron chi connectivity index (χ1n) is 6.08. The van der Waals surface area contributed by atoms with Crippen LogP contribution >= 0.6 is 0 Å². The topological polar surface area (TPSA) is 17.1 Å². The molecule has 0 aromatic rings. The second kappa shape index (κ2) is 5.83. The molecular formula is C15H22O. The zero-order chi connectivity index (χ0) is 12.1. The fourth-order valence-corrected chi connectivity index (χ4v) is 2.27. The summed E-state index contributed by atoms with van der Waals surface area (Å²) >= 11 is 0. The molecule has 1 aliphatic rings. The minimum absolute atomic E-state index is 0.333. The van der Waals surface area contributed by atoms with Gasteiger partial charge in [-0.15, -0.1) is 0 Å². The molecule has 0 spiro atoms. The number of Topliss-reactive ketones (excluding diaryl/α,β-unsaturated/α-hetero) is 1. The van der Waals surface area contributed by atoms with E-state index in [9.17, 15) is 4.79 Å². The minimum Gasteiger partial charge on any atom is -0.295 e. The second-order valence-electron chi connectivity index (χ2n) is 4.83. The average molecular weight is 218 g/mol. The Bertz CT molecular complexity index is 340. The highest BCUT2D eigenvalue weighted by atomic mass is 16.1. The van der Waals surface area contributed by atoms with E-state index in [0.717, 1.165) is 24.8 Å². The van der Waals surface area contributed by atoms with E-state index in [1.807, 2.05) is 6.08 Å². The highest BCUT2D eigenvalue weighted by Crippen LogP contribution is 2.31. The van der Waals surface area contributed by atoms with Crippen molar-refractivity contribution in [2.45, 2.75) is 46.5 Å². The number of rotatable bonds is 5. The second-order valence-corrected chi connectivity index (χ2v) is 4.83. The zero-order valence-corrected chi connectivity index (χ0v) is 10.7. The van der Waals surface area contributed by atoms with Crippen LogP contribution in [0.4, 0.5) is 0 Å². The average Bonchev–Trinajstić information content (AvgIpc) is 2.58. The Morgan fingerprint density at radius 2 is 2.12 bits per heavy atom. The van der Waals surface area contributed by atoms with Gasteiger partial charge < -0.3 is 0 Å². The van der Waals surface area contributed by atoms with Crippen molar-refractivity contribution in [2.24, 2.45) is 5.92 Å². The van der Waals surface area contributed by atoms with Crippen LogP contribution in [0, 0.1) is 5.92 Å². The lowest BCUT2D eigenvalue weighted by molar-refractivity contribution is -0.115. The van der Waals surface area contributed by atoms with Crippen molar-refractivity contribution in [1.82, 2.24) is 0 Å². The summed E-state index contributed by atoms with van der Waals surface area (Å²) in [5, 5.41) is 0. The molecule has 0 heterocycles. The Morgan fingerprint density at radius 1 is 1.44 bits per heavy atom. The third kappa shape index (κ3) is 3.19. The summed E-state index contributed by atoms with van der Waals surface area (Å²) in [4.78, 5) is 11.8. The Balaban J connectivity index is 2.65. The Hall–Kier alpha value is -1.11. The lowest BCUT2D eigenvalue weighted by atomic mass is 9.92. The van der Waals surface area contributed by atoms with Gasteiger partial charge in [-0.1, -0.05) is 31.2 Å². The lowest BCUT2D eigenvalue weighted by Gasteiger charge is -2.12. The van der Waals surface area contributed by atoms with E-state index in [-0.39, 0.29) is 0 Å². The predicted molar refractivity (Wildman–Crippen MR) is 69.3 cm³/mol. The highest BCUT2D eigenvalue weighted by Gasteiger charge is 2.24. The first-order valence-corrected chi connectivity index (χ1v) is 6.08. The quantitative estimate of drug-likeness (QED) is 0.632. The Labute approximate surface area is 98.9 Å². The molecule has 0 aliphatic heterocycles. The summed E-state index contributed by atoms with van der Waals surface area (Å²) < 4.78 is 0. The van der Waals surface area contributed by atoms with Gasteiger partial charge in [0.05, 0.1) is 0 Å². The minimum atomic E-state index is 0.333. The van der Waals surface area contributed by atoms with Gasteiger partial charge in [-0.3, -0.25) is 4.79 Å². The predicted octanol–water partition coefficient (Wildman–Crippen LogP) is 4.21. The van der Waals surface area contributed by atoms with Crippen molar-refractivity contribution in [3.05, 3.63) is 35.5 Å². The summed E-state index contributed by atoms with van der Waals surface area (Å²) in [6.45, 7) is 10.2. The SMILES string of the molecule is C=CC1=C(C(C)CCC=C(C)C)C(=O)CC1. The van der Waals surface area contributed by atoms with Crippen molar-refractivity contribution in [3.63, 3.8) is 0 Å². The van der Waals surface area contributed by atoms with Gasteiger partial charge in [-0.25, -0.2) is 0 Å². The summed E-state index contributed by atoms with van der Waals surface area (Å²) in [6.07, 6.45) is 7.80. The highest BCUT2D eigenvalue weighted by molar-refractivity contribution is 5.99. The largest absolute Gasteiger partial charge is 0.295 e. The van der Waals surface area contributed by atoms with Crippen LogP contribution in [0.2, 0.25) is 0 Å². The van der Waals surface area contributed by atoms with Gasteiger partial charge in [0.1, 0.15) is 0 Å². The molecule has 88 valence electrons. The van der Waals surface area contributed by atoms with Crippen molar-refractivity contribution in [3.8, 4) is 0 Å². The van der Waals surface area contributed by atoms with E-state index < -0.39 is 0 Å². The summed E-state index contributed by atoms with van der Waals surface area (Å²) in [7, 11) is 0. The fourth-order valence-electron chi connectivity index (χ4n) is 2.27. The third-order valence-electron chi connectivity index (χ3n) is 3.16. The number of hydrogen-bond acceptors (Lipinski definition) is 1. The molecule has 0 bridgehead atoms. The molecule has 1 rings (SSSR count). The number of carbonyl (C=O) groups is 1. The molecule has 0 N–H and O–H groups in total. The number of hydrogen-bond donors (Lipinski definition) is 0. The molecular weight excluding hydrogens is 196 g/mol. The summed E-state index contributed by atoms with van der Waals surface area (Å²) in [5.74, 6) is 0.707. The smallest absolute Gasteiger partial charge is 0.159 e. The third-order valence-corrected chi connectivity index (χ3v) is 3.16. The molecule has 1 heteroatoms. The van der Waals surface area contributed by atoms with Crippen LogP contribution in [0.5, 0.6) is 0 Å². The van der Waals surface area contributed by atoms with E-state index in [0.29, 0.717) is 18.1 Å². The molecule has 0 aromatic carbocycles. The number of carbonyl (C=O) groups excluding carboxylic acids is 1. The van der Waals surface area contributed by atoms with Gasteiger partial charge >= 0.3 is 0 Å². The van der Waals surface area contributed by atoms with Gasteiger partial charge in [0.25, 0.3) is 0 Å². The standard InChI is InChI=1S/C15H22O/c1-5-13-9-10-14(16)15(13)12(4)8-6-7-11(2)3/h5,7,12H,1,6,8-10H2,2-4H3. The summed E-state index contributed by atoms with van der Waals surface area (Å²) in [6, 6.07) is 0. The molecule has 0 radical (unpaired) electrons. The molecule has 0 saturated carbocycles. The monoisotopic (exact) mass is 218 g/mol. The van der Waals surface area contributed by atoms with Crippen LogP contribution in [-0.2, 0) is 4.79 Å². The van der Waals surface area contributed by atoms with Crippen molar-refractivity contribution in [2.75, 3.05) is 0 Å². The van der Waals surface area contributed by atoms with E-state index in [1.54, 1.807) is 0 Å². The molecule has 1 atom stereocenters. The first kappa shape index (κ1) is 13.0. The van der Waals surface area contributed by atoms with Gasteiger partial charge in [0, 0.05) is 12.0 Å². The first-order chi connectivity index (χ1) is 7.56. The Kier molecular flexibility index (Phi) is 4.72. The molecule has 1 aliphatic carbocycles. The van der Waals surface area contributed by atoms with Crippen LogP contribution in [0.25, 0.3) is 0 Å². The number of ketones is 1.